The van der Waals surface area contributed by atoms with Crippen LogP contribution in [0.3, 0.4) is 0 Å². The van der Waals surface area contributed by atoms with E-state index in [0.717, 1.165) is 0 Å². The Morgan fingerprint density at radius 3 is 2.85 bits per heavy atom. The molecule has 0 radical (unpaired) electrons. The van der Waals surface area contributed by atoms with Crippen molar-refractivity contribution in [1.29, 1.82) is 0 Å². The highest BCUT2D eigenvalue weighted by Gasteiger charge is 2.13. The monoisotopic (exact) mass is 179 g/mol. The Morgan fingerprint density at radius 1 is 1.62 bits per heavy atom. The molecule has 1 N–H and O–H groups in total. The summed E-state index contributed by atoms with van der Waals surface area (Å²) in [7, 11) is 0. The van der Waals surface area contributed by atoms with E-state index in [4.69, 9.17) is 6.42 Å². The average molecular weight is 179 g/mol. The number of rotatable bonds is 2. The highest BCUT2D eigenvalue weighted by atomic mass is 19.1. The predicted octanol–water partition coefficient (Wildman–Crippen LogP) is 1.44. The summed E-state index contributed by atoms with van der Waals surface area (Å²) in [6, 6.07) is 1.56. The van der Waals surface area contributed by atoms with Gasteiger partial charge < -0.3 is 5.32 Å². The number of nitrogens with zero attached hydrogens (tertiary/aromatic N) is 2. The number of halogens is 1. The molecule has 13 heavy (non-hydrogen) atoms. The molecule has 0 aliphatic rings. The smallest absolute Gasteiger partial charge is 0.310 e. The van der Waals surface area contributed by atoms with Gasteiger partial charge >= 0.3 is 6.08 Å². The summed E-state index contributed by atoms with van der Waals surface area (Å²) >= 11 is 0. The molecular formula is C9H10FN3. The first kappa shape index (κ1) is 9.46. The number of hydrogen-bond acceptors (Lipinski definition) is 3. The largest absolute Gasteiger partial charge is 0.354 e. The van der Waals surface area contributed by atoms with E-state index >= 15 is 0 Å². The fourth-order valence-electron chi connectivity index (χ4n) is 0.761. The summed E-state index contributed by atoms with van der Waals surface area (Å²) in [6.07, 6.45) is 5.81. The SMILES string of the molecule is C#CC(C)(C)Nc1ccnc(F)n1. The highest BCUT2D eigenvalue weighted by molar-refractivity contribution is 5.39. The van der Waals surface area contributed by atoms with Crippen LogP contribution in [0.4, 0.5) is 10.2 Å². The first-order valence-corrected chi connectivity index (χ1v) is 3.78. The van der Waals surface area contributed by atoms with Gasteiger partial charge in [0.1, 0.15) is 5.82 Å². The summed E-state index contributed by atoms with van der Waals surface area (Å²) < 4.78 is 12.5. The molecule has 3 nitrogen and oxygen atoms in total. The van der Waals surface area contributed by atoms with Crippen LogP contribution in [0.2, 0.25) is 0 Å². The molecular weight excluding hydrogens is 169 g/mol. The van der Waals surface area contributed by atoms with Crippen LogP contribution < -0.4 is 5.32 Å². The lowest BCUT2D eigenvalue weighted by atomic mass is 10.1. The van der Waals surface area contributed by atoms with Crippen molar-refractivity contribution >= 4 is 5.82 Å². The summed E-state index contributed by atoms with van der Waals surface area (Å²) in [5, 5.41) is 2.88. The van der Waals surface area contributed by atoms with Crippen LogP contribution in [-0.2, 0) is 0 Å². The number of hydrogen-bond donors (Lipinski definition) is 1. The fraction of sp³-hybridized carbons (Fsp3) is 0.333. The van der Waals surface area contributed by atoms with Gasteiger partial charge in [0, 0.05) is 6.20 Å². The lowest BCUT2D eigenvalue weighted by Gasteiger charge is -2.19. The first-order valence-electron chi connectivity index (χ1n) is 3.78. The summed E-state index contributed by atoms with van der Waals surface area (Å²) in [5.41, 5.74) is -0.541. The van der Waals surface area contributed by atoms with Gasteiger partial charge in [0.05, 0.1) is 5.54 Å². The first-order chi connectivity index (χ1) is 6.03. The lowest BCUT2D eigenvalue weighted by Crippen LogP contribution is -2.29. The Morgan fingerprint density at radius 2 is 2.31 bits per heavy atom. The van der Waals surface area contributed by atoms with Gasteiger partial charge in [0.2, 0.25) is 0 Å². The normalized spacial score (nSPS) is 10.6. The Bertz CT molecular complexity index is 341. The van der Waals surface area contributed by atoms with Crippen molar-refractivity contribution < 1.29 is 4.39 Å². The van der Waals surface area contributed by atoms with Gasteiger partial charge in [-0.15, -0.1) is 6.42 Å². The second kappa shape index (κ2) is 3.40. The molecule has 0 saturated heterocycles. The minimum Gasteiger partial charge on any atom is -0.354 e. The molecule has 0 fully saturated rings. The molecule has 68 valence electrons. The van der Waals surface area contributed by atoms with Crippen molar-refractivity contribution in [2.45, 2.75) is 19.4 Å². The van der Waals surface area contributed by atoms with E-state index in [1.807, 2.05) is 0 Å². The van der Waals surface area contributed by atoms with Crippen LogP contribution in [0.5, 0.6) is 0 Å². The molecule has 0 bridgehead atoms. The summed E-state index contributed by atoms with van der Waals surface area (Å²) in [4.78, 5) is 6.85. The van der Waals surface area contributed by atoms with Crippen LogP contribution in [0.15, 0.2) is 12.3 Å². The molecule has 0 aliphatic heterocycles. The standard InChI is InChI=1S/C9H10FN3/c1-4-9(2,3)13-7-5-6-11-8(10)12-7/h1,5-6H,2-3H3,(H,11,12,13). The van der Waals surface area contributed by atoms with Gasteiger partial charge in [0.15, 0.2) is 0 Å². The zero-order valence-electron chi connectivity index (χ0n) is 7.50. The maximum Gasteiger partial charge on any atom is 0.310 e. The third-order valence-corrected chi connectivity index (χ3v) is 1.43. The third kappa shape index (κ3) is 2.71. The third-order valence-electron chi connectivity index (χ3n) is 1.43. The quantitative estimate of drug-likeness (QED) is 0.551. The van der Waals surface area contributed by atoms with E-state index in [1.165, 1.54) is 6.20 Å². The number of terminal acetylenes is 1. The van der Waals surface area contributed by atoms with Gasteiger partial charge in [0.25, 0.3) is 0 Å². The van der Waals surface area contributed by atoms with Crippen LogP contribution in [0.25, 0.3) is 0 Å². The van der Waals surface area contributed by atoms with Crippen molar-refractivity contribution in [3.63, 3.8) is 0 Å². The molecule has 0 saturated carbocycles. The van der Waals surface area contributed by atoms with E-state index in [2.05, 4.69) is 21.2 Å². The van der Waals surface area contributed by atoms with Crippen LogP contribution in [0, 0.1) is 18.4 Å². The maximum absolute atomic E-state index is 12.5. The van der Waals surface area contributed by atoms with E-state index in [1.54, 1.807) is 19.9 Å². The molecule has 0 aromatic carbocycles. The highest BCUT2D eigenvalue weighted by Crippen LogP contribution is 2.10. The van der Waals surface area contributed by atoms with Gasteiger partial charge in [-0.1, -0.05) is 5.92 Å². The lowest BCUT2D eigenvalue weighted by molar-refractivity contribution is 0.538. The van der Waals surface area contributed by atoms with Crippen molar-refractivity contribution in [2.75, 3.05) is 5.32 Å². The van der Waals surface area contributed by atoms with Crippen LogP contribution >= 0.6 is 0 Å². The molecule has 1 rings (SSSR count). The Hall–Kier alpha value is -1.63. The predicted molar refractivity (Wildman–Crippen MR) is 48.5 cm³/mol. The van der Waals surface area contributed by atoms with Crippen molar-refractivity contribution in [1.82, 2.24) is 9.97 Å². The molecule has 0 aliphatic carbocycles. The molecule has 0 atom stereocenters. The van der Waals surface area contributed by atoms with Crippen molar-refractivity contribution in [3.8, 4) is 12.3 Å². The Kier molecular flexibility index (Phi) is 2.47. The minimum atomic E-state index is -0.766. The Labute approximate surface area is 76.4 Å². The molecule has 1 heterocycles. The number of anilines is 1. The minimum absolute atomic E-state index is 0.385. The molecule has 0 unspecified atom stereocenters. The zero-order valence-corrected chi connectivity index (χ0v) is 7.50. The van der Waals surface area contributed by atoms with Gasteiger partial charge in [-0.2, -0.15) is 9.37 Å². The van der Waals surface area contributed by atoms with Gasteiger partial charge in [-0.05, 0) is 19.9 Å². The van der Waals surface area contributed by atoms with E-state index in [-0.39, 0.29) is 0 Å². The Balaban J connectivity index is 2.82. The fourth-order valence-corrected chi connectivity index (χ4v) is 0.761. The van der Waals surface area contributed by atoms with Crippen LogP contribution in [0.1, 0.15) is 13.8 Å². The molecule has 0 amide bonds. The number of aromatic nitrogens is 2. The maximum atomic E-state index is 12.5. The van der Waals surface area contributed by atoms with Crippen molar-refractivity contribution in [3.05, 3.63) is 18.3 Å². The van der Waals surface area contributed by atoms with Crippen molar-refractivity contribution in [2.24, 2.45) is 0 Å². The molecule has 1 aromatic heterocycles. The van der Waals surface area contributed by atoms with Gasteiger partial charge in [-0.3, -0.25) is 0 Å². The molecule has 0 spiro atoms. The number of nitrogens with one attached hydrogen (secondary N) is 1. The summed E-state index contributed by atoms with van der Waals surface area (Å²) in [6.45, 7) is 3.60. The second-order valence-electron chi connectivity index (χ2n) is 3.11. The topological polar surface area (TPSA) is 37.8 Å². The molecule has 1 aromatic rings. The van der Waals surface area contributed by atoms with E-state index in [0.29, 0.717) is 5.82 Å². The van der Waals surface area contributed by atoms with E-state index < -0.39 is 11.6 Å². The summed E-state index contributed by atoms with van der Waals surface area (Å²) in [5.74, 6) is 2.90. The second-order valence-corrected chi connectivity index (χ2v) is 3.11. The van der Waals surface area contributed by atoms with Crippen LogP contribution in [-0.4, -0.2) is 15.5 Å². The van der Waals surface area contributed by atoms with Gasteiger partial charge in [-0.25, -0.2) is 4.98 Å². The zero-order chi connectivity index (χ0) is 9.90. The average Bonchev–Trinajstić information content (AvgIpc) is 2.03. The molecule has 4 heteroatoms. The van der Waals surface area contributed by atoms with E-state index in [9.17, 15) is 4.39 Å².